The molecule has 0 fully saturated rings. The second-order valence-electron chi connectivity index (χ2n) is 6.22. The second-order valence-corrected chi connectivity index (χ2v) is 7.16. The number of carbonyl (C=O) groups excluding carboxylic acids is 1. The van der Waals surface area contributed by atoms with Gasteiger partial charge in [0.1, 0.15) is 5.01 Å². The Labute approximate surface area is 158 Å². The summed E-state index contributed by atoms with van der Waals surface area (Å²) in [4.78, 5) is 20.7. The Morgan fingerprint density at radius 2 is 2.08 bits per heavy atom. The zero-order chi connectivity index (χ0) is 18.9. The lowest BCUT2D eigenvalue weighted by atomic mass is 10.2. The predicted molar refractivity (Wildman–Crippen MR) is 105 cm³/mol. The Balaban J connectivity index is 1.64. The van der Waals surface area contributed by atoms with Crippen molar-refractivity contribution in [2.75, 3.05) is 20.1 Å². The Kier molecular flexibility index (Phi) is 7.65. The number of aromatic nitrogens is 1. The third kappa shape index (κ3) is 5.87. The number of nitrogens with one attached hydrogen (secondary N) is 3. The molecule has 142 valence electrons. The molecule has 2 aromatic heterocycles. The Morgan fingerprint density at radius 1 is 1.31 bits per heavy atom. The van der Waals surface area contributed by atoms with E-state index in [1.807, 2.05) is 6.92 Å². The molecular weight excluding hydrogens is 350 g/mol. The van der Waals surface area contributed by atoms with Gasteiger partial charge in [-0.1, -0.05) is 13.8 Å². The van der Waals surface area contributed by atoms with Crippen molar-refractivity contribution in [2.24, 2.45) is 4.99 Å². The minimum absolute atomic E-state index is 0.181. The highest BCUT2D eigenvalue weighted by molar-refractivity contribution is 7.09. The quantitative estimate of drug-likeness (QED) is 0.374. The average molecular weight is 378 g/mol. The van der Waals surface area contributed by atoms with Gasteiger partial charge in [0.2, 0.25) is 0 Å². The largest absolute Gasteiger partial charge is 0.459 e. The summed E-state index contributed by atoms with van der Waals surface area (Å²) in [6.45, 7) is 8.03. The van der Waals surface area contributed by atoms with Crippen LogP contribution < -0.4 is 16.0 Å². The number of aliphatic imine (C=N–C) groups is 1. The van der Waals surface area contributed by atoms with Crippen LogP contribution in [0.4, 0.5) is 0 Å². The third-order valence-electron chi connectivity index (χ3n) is 3.79. The maximum Gasteiger partial charge on any atom is 0.287 e. The zero-order valence-corrected chi connectivity index (χ0v) is 16.6. The minimum atomic E-state index is -0.181. The number of furan rings is 1. The van der Waals surface area contributed by atoms with E-state index in [1.54, 1.807) is 24.5 Å². The van der Waals surface area contributed by atoms with E-state index < -0.39 is 0 Å². The molecule has 0 saturated heterocycles. The van der Waals surface area contributed by atoms with E-state index in [-0.39, 0.29) is 5.91 Å². The molecule has 0 spiro atoms. The van der Waals surface area contributed by atoms with Gasteiger partial charge in [0.05, 0.1) is 18.5 Å². The monoisotopic (exact) mass is 377 g/mol. The van der Waals surface area contributed by atoms with Crippen LogP contribution in [0.3, 0.4) is 0 Å². The fraction of sp³-hybridized carbons (Fsp3) is 0.500. The van der Waals surface area contributed by atoms with Crippen molar-refractivity contribution in [3.8, 4) is 0 Å². The third-order valence-corrected chi connectivity index (χ3v) is 4.66. The van der Waals surface area contributed by atoms with Gasteiger partial charge >= 0.3 is 0 Å². The molecule has 0 aliphatic carbocycles. The van der Waals surface area contributed by atoms with E-state index >= 15 is 0 Å². The molecule has 2 heterocycles. The smallest absolute Gasteiger partial charge is 0.287 e. The molecule has 1 amide bonds. The van der Waals surface area contributed by atoms with Crippen LogP contribution in [0, 0.1) is 6.92 Å². The molecule has 3 N–H and O–H groups in total. The maximum atomic E-state index is 11.9. The van der Waals surface area contributed by atoms with Crippen molar-refractivity contribution in [3.63, 3.8) is 0 Å². The number of nitrogens with zero attached hydrogens (tertiary/aromatic N) is 2. The summed E-state index contributed by atoms with van der Waals surface area (Å²) < 4.78 is 5.17. The van der Waals surface area contributed by atoms with Crippen LogP contribution in [-0.4, -0.2) is 37.0 Å². The predicted octanol–water partition coefficient (Wildman–Crippen LogP) is 2.65. The lowest BCUT2D eigenvalue weighted by Gasteiger charge is -2.11. The molecule has 0 radical (unpaired) electrons. The minimum Gasteiger partial charge on any atom is -0.459 e. The molecule has 0 bridgehead atoms. The maximum absolute atomic E-state index is 11.9. The van der Waals surface area contributed by atoms with Crippen molar-refractivity contribution in [3.05, 3.63) is 39.7 Å². The number of carbonyl (C=O) groups is 1. The number of aryl methyl sites for hydroxylation is 1. The standard InChI is InChI=1S/C18H27N5O2S/c1-12(2)14-11-26-15(23-14)10-22-18(19-4)21-8-5-7-20-17(24)16-13(3)6-9-25-16/h6,9,11-12H,5,7-8,10H2,1-4H3,(H,20,24)(H2,19,21,22). The number of amides is 1. The molecule has 26 heavy (non-hydrogen) atoms. The fourth-order valence-corrected chi connectivity index (χ4v) is 3.13. The van der Waals surface area contributed by atoms with Gasteiger partial charge in [0, 0.05) is 31.1 Å². The summed E-state index contributed by atoms with van der Waals surface area (Å²) in [6.07, 6.45) is 2.30. The van der Waals surface area contributed by atoms with Gasteiger partial charge in [-0.2, -0.15) is 0 Å². The van der Waals surface area contributed by atoms with Gasteiger partial charge in [-0.25, -0.2) is 4.98 Å². The highest BCUT2D eigenvalue weighted by atomic mass is 32.1. The van der Waals surface area contributed by atoms with Gasteiger partial charge in [0.25, 0.3) is 5.91 Å². The Bertz CT molecular complexity index is 736. The lowest BCUT2D eigenvalue weighted by Crippen LogP contribution is -2.38. The molecule has 8 heteroatoms. The molecule has 0 aliphatic heterocycles. The van der Waals surface area contributed by atoms with Gasteiger partial charge in [-0.3, -0.25) is 9.79 Å². The van der Waals surface area contributed by atoms with E-state index in [2.05, 4.69) is 45.2 Å². The van der Waals surface area contributed by atoms with Crippen molar-refractivity contribution in [2.45, 2.75) is 39.7 Å². The van der Waals surface area contributed by atoms with E-state index in [4.69, 9.17) is 4.42 Å². The van der Waals surface area contributed by atoms with Gasteiger partial charge < -0.3 is 20.4 Å². The molecule has 2 aromatic rings. The summed E-state index contributed by atoms with van der Waals surface area (Å²) in [6, 6.07) is 1.78. The van der Waals surface area contributed by atoms with Crippen LogP contribution in [0.2, 0.25) is 0 Å². The molecule has 0 aromatic carbocycles. The first-order valence-electron chi connectivity index (χ1n) is 8.72. The SMILES string of the molecule is CN=C(NCCCNC(=O)c1occc1C)NCc1nc(C(C)C)cs1. The van der Waals surface area contributed by atoms with Crippen molar-refractivity contribution < 1.29 is 9.21 Å². The molecule has 7 nitrogen and oxygen atoms in total. The average Bonchev–Trinajstić information content (AvgIpc) is 3.26. The summed E-state index contributed by atoms with van der Waals surface area (Å²) in [5.74, 6) is 1.36. The van der Waals surface area contributed by atoms with Crippen molar-refractivity contribution in [1.29, 1.82) is 0 Å². The topological polar surface area (TPSA) is 91.5 Å². The van der Waals surface area contributed by atoms with Crippen LogP contribution >= 0.6 is 11.3 Å². The molecule has 0 atom stereocenters. The molecule has 0 aliphatic rings. The van der Waals surface area contributed by atoms with Crippen LogP contribution in [0.15, 0.2) is 27.1 Å². The van der Waals surface area contributed by atoms with Crippen molar-refractivity contribution >= 4 is 23.2 Å². The van der Waals surface area contributed by atoms with Crippen LogP contribution in [-0.2, 0) is 6.54 Å². The molecular formula is C18H27N5O2S. The van der Waals surface area contributed by atoms with Gasteiger partial charge in [0.15, 0.2) is 11.7 Å². The van der Waals surface area contributed by atoms with Crippen LogP contribution in [0.5, 0.6) is 0 Å². The summed E-state index contributed by atoms with van der Waals surface area (Å²) >= 11 is 1.65. The lowest BCUT2D eigenvalue weighted by molar-refractivity contribution is 0.0925. The Morgan fingerprint density at radius 3 is 2.69 bits per heavy atom. The first-order valence-corrected chi connectivity index (χ1v) is 9.60. The molecule has 2 rings (SSSR count). The molecule has 0 saturated carbocycles. The van der Waals surface area contributed by atoms with Gasteiger partial charge in [-0.05, 0) is 25.3 Å². The highest BCUT2D eigenvalue weighted by Crippen LogP contribution is 2.17. The van der Waals surface area contributed by atoms with E-state index in [0.717, 1.165) is 28.6 Å². The normalized spacial score (nSPS) is 11.7. The fourth-order valence-electron chi connectivity index (χ4n) is 2.23. The first kappa shape index (κ1) is 20.0. The van der Waals surface area contributed by atoms with E-state index in [1.165, 1.54) is 6.26 Å². The van der Waals surface area contributed by atoms with Crippen LogP contribution in [0.1, 0.15) is 53.0 Å². The highest BCUT2D eigenvalue weighted by Gasteiger charge is 2.11. The first-order chi connectivity index (χ1) is 12.5. The van der Waals surface area contributed by atoms with E-state index in [9.17, 15) is 4.79 Å². The zero-order valence-electron chi connectivity index (χ0n) is 15.8. The number of guanidine groups is 1. The number of hydrogen-bond acceptors (Lipinski definition) is 5. The Hall–Kier alpha value is -2.35. The summed E-state index contributed by atoms with van der Waals surface area (Å²) in [5.41, 5.74) is 1.96. The summed E-state index contributed by atoms with van der Waals surface area (Å²) in [7, 11) is 1.73. The van der Waals surface area contributed by atoms with E-state index in [0.29, 0.717) is 31.3 Å². The van der Waals surface area contributed by atoms with Crippen LogP contribution in [0.25, 0.3) is 0 Å². The number of hydrogen-bond donors (Lipinski definition) is 3. The number of rotatable bonds is 8. The second kappa shape index (κ2) is 9.96. The van der Waals surface area contributed by atoms with Gasteiger partial charge in [-0.15, -0.1) is 11.3 Å². The molecule has 0 unspecified atom stereocenters. The number of thiazole rings is 1. The van der Waals surface area contributed by atoms with Crippen molar-refractivity contribution in [1.82, 2.24) is 20.9 Å². The summed E-state index contributed by atoms with van der Waals surface area (Å²) in [5, 5.41) is 12.5.